The van der Waals surface area contributed by atoms with Crippen LogP contribution in [-0.2, 0) is 11.2 Å². The van der Waals surface area contributed by atoms with Gasteiger partial charge in [0.1, 0.15) is 12.4 Å². The van der Waals surface area contributed by atoms with E-state index in [4.69, 9.17) is 9.47 Å². The fraction of sp³-hybridized carbons (Fsp3) is 0.538. The Bertz CT molecular complexity index is 355. The number of nitrogens with one attached hydrogen (secondary N) is 2. The Kier molecular flexibility index (Phi) is 4.64. The van der Waals surface area contributed by atoms with Crippen LogP contribution in [0.3, 0.4) is 0 Å². The molecule has 0 saturated heterocycles. The summed E-state index contributed by atoms with van der Waals surface area (Å²) in [4.78, 5) is 0. The molecule has 0 fully saturated rings. The van der Waals surface area contributed by atoms with Crippen LogP contribution in [0, 0.1) is 0 Å². The molecule has 17 heavy (non-hydrogen) atoms. The highest BCUT2D eigenvalue weighted by Gasteiger charge is 2.09. The predicted octanol–water partition coefficient (Wildman–Crippen LogP) is 1.27. The van der Waals surface area contributed by atoms with Gasteiger partial charge in [-0.25, -0.2) is 0 Å². The van der Waals surface area contributed by atoms with E-state index in [-0.39, 0.29) is 0 Å². The second-order valence-electron chi connectivity index (χ2n) is 4.10. The van der Waals surface area contributed by atoms with Gasteiger partial charge in [-0.1, -0.05) is 6.07 Å². The lowest BCUT2D eigenvalue weighted by atomic mass is 10.1. The van der Waals surface area contributed by atoms with E-state index in [0.29, 0.717) is 0 Å². The number of hydrogen-bond acceptors (Lipinski definition) is 4. The lowest BCUT2D eigenvalue weighted by Gasteiger charge is -2.19. The number of methoxy groups -OCH3 is 1. The summed E-state index contributed by atoms with van der Waals surface area (Å²) in [5.41, 5.74) is 2.44. The van der Waals surface area contributed by atoms with Crippen LogP contribution in [-0.4, -0.2) is 40.0 Å². The molecule has 0 aromatic heterocycles. The van der Waals surface area contributed by atoms with E-state index in [9.17, 15) is 0 Å². The number of rotatable bonds is 6. The van der Waals surface area contributed by atoms with Gasteiger partial charge in [0.25, 0.3) is 0 Å². The van der Waals surface area contributed by atoms with E-state index in [1.54, 1.807) is 7.11 Å². The molecule has 1 heterocycles. The molecule has 2 N–H and O–H groups in total. The highest BCUT2D eigenvalue weighted by atomic mass is 16.5. The maximum atomic E-state index is 5.54. The SMILES string of the molecule is COCCNCCc1ccc2c(c1)NCCO2. The smallest absolute Gasteiger partial charge is 0.142 e. The zero-order valence-electron chi connectivity index (χ0n) is 10.3. The fourth-order valence-electron chi connectivity index (χ4n) is 1.88. The summed E-state index contributed by atoms with van der Waals surface area (Å²) in [6, 6.07) is 6.35. The normalized spacial score (nSPS) is 13.7. The van der Waals surface area contributed by atoms with Gasteiger partial charge in [-0.2, -0.15) is 0 Å². The largest absolute Gasteiger partial charge is 0.490 e. The molecule has 0 spiro atoms. The van der Waals surface area contributed by atoms with Gasteiger partial charge in [-0.05, 0) is 30.7 Å². The van der Waals surface area contributed by atoms with Crippen LogP contribution in [0.4, 0.5) is 5.69 Å². The molecule has 0 radical (unpaired) electrons. The minimum atomic E-state index is 0.755. The highest BCUT2D eigenvalue weighted by Crippen LogP contribution is 2.27. The number of ether oxygens (including phenoxy) is 2. The molecular weight excluding hydrogens is 216 g/mol. The molecule has 0 aliphatic carbocycles. The molecule has 2 rings (SSSR count). The van der Waals surface area contributed by atoms with Gasteiger partial charge < -0.3 is 20.1 Å². The third-order valence-corrected chi connectivity index (χ3v) is 2.79. The van der Waals surface area contributed by atoms with Crippen molar-refractivity contribution in [2.45, 2.75) is 6.42 Å². The first-order valence-electron chi connectivity index (χ1n) is 6.09. The molecule has 1 aromatic rings. The molecule has 1 aliphatic heterocycles. The lowest BCUT2D eigenvalue weighted by Crippen LogP contribution is -2.22. The van der Waals surface area contributed by atoms with Crippen molar-refractivity contribution in [3.63, 3.8) is 0 Å². The fourth-order valence-corrected chi connectivity index (χ4v) is 1.88. The standard InChI is InChI=1S/C13H20N2O2/c1-16-8-6-14-5-4-11-2-3-13-12(10-11)15-7-9-17-13/h2-3,10,14-15H,4-9H2,1H3. The summed E-state index contributed by atoms with van der Waals surface area (Å²) in [5.74, 6) is 0.965. The third-order valence-electron chi connectivity index (χ3n) is 2.79. The van der Waals surface area contributed by atoms with Gasteiger partial charge in [0.2, 0.25) is 0 Å². The van der Waals surface area contributed by atoms with Crippen molar-refractivity contribution >= 4 is 5.69 Å². The number of fused-ring (bicyclic) bond motifs is 1. The maximum absolute atomic E-state index is 5.54. The van der Waals surface area contributed by atoms with Gasteiger partial charge in [-0.15, -0.1) is 0 Å². The Labute approximate surface area is 102 Å². The molecule has 94 valence electrons. The highest BCUT2D eigenvalue weighted by molar-refractivity contribution is 5.59. The Morgan fingerprint density at radius 2 is 2.35 bits per heavy atom. The maximum Gasteiger partial charge on any atom is 0.142 e. The molecule has 1 aliphatic rings. The first kappa shape index (κ1) is 12.2. The van der Waals surface area contributed by atoms with E-state index in [2.05, 4.69) is 22.8 Å². The minimum Gasteiger partial charge on any atom is -0.490 e. The quantitative estimate of drug-likeness (QED) is 0.730. The van der Waals surface area contributed by atoms with Crippen LogP contribution < -0.4 is 15.4 Å². The second-order valence-corrected chi connectivity index (χ2v) is 4.10. The summed E-state index contributed by atoms with van der Waals surface area (Å²) >= 11 is 0. The molecule has 0 saturated carbocycles. The zero-order chi connectivity index (χ0) is 11.9. The van der Waals surface area contributed by atoms with Gasteiger partial charge in [0.15, 0.2) is 0 Å². The summed E-state index contributed by atoms with van der Waals surface area (Å²) in [7, 11) is 1.72. The molecule has 1 aromatic carbocycles. The monoisotopic (exact) mass is 236 g/mol. The van der Waals surface area contributed by atoms with Crippen molar-refractivity contribution in [1.82, 2.24) is 5.32 Å². The van der Waals surface area contributed by atoms with Crippen molar-refractivity contribution in [2.24, 2.45) is 0 Å². The van der Waals surface area contributed by atoms with E-state index >= 15 is 0 Å². The first-order valence-corrected chi connectivity index (χ1v) is 6.09. The van der Waals surface area contributed by atoms with Crippen molar-refractivity contribution in [3.05, 3.63) is 23.8 Å². The van der Waals surface area contributed by atoms with E-state index < -0.39 is 0 Å². The summed E-state index contributed by atoms with van der Waals surface area (Å²) in [6.45, 7) is 4.29. The number of anilines is 1. The zero-order valence-corrected chi connectivity index (χ0v) is 10.3. The topological polar surface area (TPSA) is 42.5 Å². The molecule has 0 amide bonds. The second kappa shape index (κ2) is 6.47. The molecular formula is C13H20N2O2. The average molecular weight is 236 g/mol. The Morgan fingerprint density at radius 1 is 1.41 bits per heavy atom. The van der Waals surface area contributed by atoms with Gasteiger partial charge >= 0.3 is 0 Å². The Hall–Kier alpha value is -1.26. The first-order chi connectivity index (χ1) is 8.40. The van der Waals surface area contributed by atoms with Gasteiger partial charge in [0, 0.05) is 20.2 Å². The van der Waals surface area contributed by atoms with Crippen LogP contribution in [0.25, 0.3) is 0 Å². The average Bonchev–Trinajstić information content (AvgIpc) is 2.38. The predicted molar refractivity (Wildman–Crippen MR) is 68.9 cm³/mol. The Morgan fingerprint density at radius 3 is 3.24 bits per heavy atom. The van der Waals surface area contributed by atoms with Crippen LogP contribution in [0.15, 0.2) is 18.2 Å². The number of benzene rings is 1. The van der Waals surface area contributed by atoms with Crippen molar-refractivity contribution in [1.29, 1.82) is 0 Å². The molecule has 0 unspecified atom stereocenters. The van der Waals surface area contributed by atoms with Gasteiger partial charge in [0.05, 0.1) is 12.3 Å². The van der Waals surface area contributed by atoms with E-state index in [0.717, 1.165) is 50.7 Å². The van der Waals surface area contributed by atoms with Crippen LogP contribution in [0.5, 0.6) is 5.75 Å². The Balaban J connectivity index is 1.81. The van der Waals surface area contributed by atoms with E-state index in [1.807, 2.05) is 6.07 Å². The molecule has 4 nitrogen and oxygen atoms in total. The van der Waals surface area contributed by atoms with Crippen LogP contribution in [0.1, 0.15) is 5.56 Å². The minimum absolute atomic E-state index is 0.755. The van der Waals surface area contributed by atoms with Crippen molar-refractivity contribution in [2.75, 3.05) is 45.3 Å². The number of hydrogen-bond donors (Lipinski definition) is 2. The third kappa shape index (κ3) is 3.61. The lowest BCUT2D eigenvalue weighted by molar-refractivity contribution is 0.199. The van der Waals surface area contributed by atoms with E-state index in [1.165, 1.54) is 5.56 Å². The summed E-state index contributed by atoms with van der Waals surface area (Å²) in [6.07, 6.45) is 1.03. The summed E-state index contributed by atoms with van der Waals surface area (Å²) in [5, 5.41) is 6.69. The molecule has 0 atom stereocenters. The molecule has 0 bridgehead atoms. The summed E-state index contributed by atoms with van der Waals surface area (Å²) < 4.78 is 10.5. The molecule has 4 heteroatoms. The van der Waals surface area contributed by atoms with Crippen LogP contribution in [0.2, 0.25) is 0 Å². The van der Waals surface area contributed by atoms with Crippen molar-refractivity contribution in [3.8, 4) is 5.75 Å². The van der Waals surface area contributed by atoms with Crippen LogP contribution >= 0.6 is 0 Å². The van der Waals surface area contributed by atoms with Gasteiger partial charge in [-0.3, -0.25) is 0 Å². The van der Waals surface area contributed by atoms with Crippen molar-refractivity contribution < 1.29 is 9.47 Å².